The Hall–Kier alpha value is -3.12. The number of carbonyl (C=O) groups excluding carboxylic acids is 1. The van der Waals surface area contributed by atoms with Gasteiger partial charge in [0.2, 0.25) is 0 Å². The molecule has 1 aliphatic heterocycles. The summed E-state index contributed by atoms with van der Waals surface area (Å²) in [5.41, 5.74) is 1.61. The minimum Gasteiger partial charge on any atom is -0.497 e. The molecule has 34 heavy (non-hydrogen) atoms. The first kappa shape index (κ1) is 24.0. The SMILES string of the molecule is COc1ccc(C(=O)N(CC2CN(Cc3ccc(C)o3)CC2c2cccc(F)c2)C(C)C)cc1. The Kier molecular flexibility index (Phi) is 7.37. The van der Waals surface area contributed by atoms with E-state index in [0.29, 0.717) is 18.7 Å². The fourth-order valence-electron chi connectivity index (χ4n) is 4.86. The van der Waals surface area contributed by atoms with E-state index < -0.39 is 0 Å². The number of benzene rings is 2. The lowest BCUT2D eigenvalue weighted by Gasteiger charge is -2.32. The molecule has 6 heteroatoms. The van der Waals surface area contributed by atoms with Crippen molar-refractivity contribution in [3.05, 3.63) is 89.1 Å². The average Bonchev–Trinajstić information content (AvgIpc) is 3.42. The van der Waals surface area contributed by atoms with Crippen molar-refractivity contribution in [2.24, 2.45) is 5.92 Å². The van der Waals surface area contributed by atoms with Gasteiger partial charge in [-0.05, 0) is 80.8 Å². The Bertz CT molecular complexity index is 1110. The van der Waals surface area contributed by atoms with Crippen molar-refractivity contribution in [1.29, 1.82) is 0 Å². The maximum Gasteiger partial charge on any atom is 0.254 e. The van der Waals surface area contributed by atoms with Crippen LogP contribution in [0.15, 0.2) is 65.1 Å². The van der Waals surface area contributed by atoms with Crippen LogP contribution < -0.4 is 4.74 Å². The molecule has 2 atom stereocenters. The maximum atomic E-state index is 14.1. The van der Waals surface area contributed by atoms with E-state index >= 15 is 0 Å². The van der Waals surface area contributed by atoms with Gasteiger partial charge in [0.25, 0.3) is 5.91 Å². The van der Waals surface area contributed by atoms with E-state index in [-0.39, 0.29) is 29.6 Å². The summed E-state index contributed by atoms with van der Waals surface area (Å²) in [4.78, 5) is 17.7. The lowest BCUT2D eigenvalue weighted by molar-refractivity contribution is 0.0668. The molecule has 180 valence electrons. The lowest BCUT2D eigenvalue weighted by Crippen LogP contribution is -2.42. The van der Waals surface area contributed by atoms with Gasteiger partial charge >= 0.3 is 0 Å². The number of likely N-dealkylation sites (tertiary alicyclic amines) is 1. The van der Waals surface area contributed by atoms with E-state index in [1.807, 2.05) is 56.0 Å². The first-order valence-corrected chi connectivity index (χ1v) is 11.8. The van der Waals surface area contributed by atoms with E-state index in [4.69, 9.17) is 9.15 Å². The van der Waals surface area contributed by atoms with Crippen molar-refractivity contribution >= 4 is 5.91 Å². The van der Waals surface area contributed by atoms with E-state index in [1.165, 1.54) is 6.07 Å². The number of hydrogen-bond donors (Lipinski definition) is 0. The van der Waals surface area contributed by atoms with Crippen LogP contribution in [0.25, 0.3) is 0 Å². The van der Waals surface area contributed by atoms with Crippen molar-refractivity contribution in [3.8, 4) is 5.75 Å². The third-order valence-corrected chi connectivity index (χ3v) is 6.62. The Morgan fingerprint density at radius 3 is 2.53 bits per heavy atom. The summed E-state index contributed by atoms with van der Waals surface area (Å²) in [6, 6.07) is 18.1. The molecule has 0 radical (unpaired) electrons. The number of carbonyl (C=O) groups is 1. The summed E-state index contributed by atoms with van der Waals surface area (Å²) in [5.74, 6) is 2.59. The van der Waals surface area contributed by atoms with Gasteiger partial charge in [0.15, 0.2) is 0 Å². The molecular formula is C28H33FN2O3. The lowest BCUT2D eigenvalue weighted by atomic mass is 9.88. The zero-order valence-corrected chi connectivity index (χ0v) is 20.3. The van der Waals surface area contributed by atoms with Gasteiger partial charge in [-0.15, -0.1) is 0 Å². The molecule has 2 aromatic carbocycles. The predicted octanol–water partition coefficient (Wildman–Crippen LogP) is 5.50. The van der Waals surface area contributed by atoms with Gasteiger partial charge in [0.1, 0.15) is 23.1 Å². The summed E-state index contributed by atoms with van der Waals surface area (Å²) >= 11 is 0. The monoisotopic (exact) mass is 464 g/mol. The van der Waals surface area contributed by atoms with Gasteiger partial charge in [0.05, 0.1) is 13.7 Å². The molecule has 1 aromatic heterocycles. The minimum absolute atomic E-state index is 0.00393. The van der Waals surface area contributed by atoms with Crippen molar-refractivity contribution in [1.82, 2.24) is 9.80 Å². The number of ether oxygens (including phenoxy) is 1. The number of halogens is 1. The fraction of sp³-hybridized carbons (Fsp3) is 0.393. The maximum absolute atomic E-state index is 14.1. The Balaban J connectivity index is 1.57. The van der Waals surface area contributed by atoms with Crippen LogP contribution in [0.4, 0.5) is 4.39 Å². The fourth-order valence-corrected chi connectivity index (χ4v) is 4.86. The third-order valence-electron chi connectivity index (χ3n) is 6.62. The predicted molar refractivity (Wildman–Crippen MR) is 131 cm³/mol. The second-order valence-corrected chi connectivity index (χ2v) is 9.41. The molecule has 1 fully saturated rings. The normalized spacial score (nSPS) is 18.4. The smallest absolute Gasteiger partial charge is 0.254 e. The summed E-state index contributed by atoms with van der Waals surface area (Å²) < 4.78 is 25.1. The van der Waals surface area contributed by atoms with Crippen LogP contribution in [0.1, 0.15) is 47.2 Å². The quantitative estimate of drug-likeness (QED) is 0.442. The summed E-state index contributed by atoms with van der Waals surface area (Å²) in [5, 5.41) is 0. The van der Waals surface area contributed by atoms with Crippen LogP contribution in [0.5, 0.6) is 5.75 Å². The van der Waals surface area contributed by atoms with Gasteiger partial charge < -0.3 is 14.1 Å². The Morgan fingerprint density at radius 1 is 1.15 bits per heavy atom. The number of furan rings is 1. The third kappa shape index (κ3) is 5.50. The van der Waals surface area contributed by atoms with Crippen molar-refractivity contribution in [3.63, 3.8) is 0 Å². The van der Waals surface area contributed by atoms with Crippen molar-refractivity contribution < 1.29 is 18.3 Å². The van der Waals surface area contributed by atoms with Gasteiger partial charge in [-0.1, -0.05) is 12.1 Å². The largest absolute Gasteiger partial charge is 0.497 e. The number of hydrogen-bond acceptors (Lipinski definition) is 4. The van der Waals surface area contributed by atoms with Crippen molar-refractivity contribution in [2.75, 3.05) is 26.7 Å². The molecule has 1 saturated heterocycles. The highest BCUT2D eigenvalue weighted by Crippen LogP contribution is 2.35. The summed E-state index contributed by atoms with van der Waals surface area (Å²) in [6.45, 7) is 8.91. The molecule has 0 aliphatic carbocycles. The molecule has 0 N–H and O–H groups in total. The molecular weight excluding hydrogens is 431 g/mol. The zero-order valence-electron chi connectivity index (χ0n) is 20.3. The second-order valence-electron chi connectivity index (χ2n) is 9.41. The van der Waals surface area contributed by atoms with Gasteiger partial charge in [-0.25, -0.2) is 4.39 Å². The van der Waals surface area contributed by atoms with Crippen molar-refractivity contribution in [2.45, 2.75) is 39.3 Å². The first-order valence-electron chi connectivity index (χ1n) is 11.8. The summed E-state index contributed by atoms with van der Waals surface area (Å²) in [6.07, 6.45) is 0. The molecule has 1 aliphatic rings. The minimum atomic E-state index is -0.230. The van der Waals surface area contributed by atoms with E-state index in [0.717, 1.165) is 35.9 Å². The zero-order chi connectivity index (χ0) is 24.2. The highest BCUT2D eigenvalue weighted by molar-refractivity contribution is 5.94. The van der Waals surface area contributed by atoms with Crippen LogP contribution in [-0.2, 0) is 6.54 Å². The van der Waals surface area contributed by atoms with E-state index in [2.05, 4.69) is 4.90 Å². The molecule has 2 heterocycles. The number of methoxy groups -OCH3 is 1. The van der Waals surface area contributed by atoms with Crippen LogP contribution >= 0.6 is 0 Å². The molecule has 3 aromatic rings. The van der Waals surface area contributed by atoms with Gasteiger partial charge in [-0.3, -0.25) is 9.69 Å². The first-order chi connectivity index (χ1) is 16.3. The van der Waals surface area contributed by atoms with E-state index in [1.54, 1.807) is 31.4 Å². The van der Waals surface area contributed by atoms with E-state index in [9.17, 15) is 9.18 Å². The Morgan fingerprint density at radius 2 is 1.91 bits per heavy atom. The van der Waals surface area contributed by atoms with Crippen LogP contribution in [0.3, 0.4) is 0 Å². The molecule has 2 unspecified atom stereocenters. The Labute approximate surface area is 201 Å². The average molecular weight is 465 g/mol. The molecule has 0 bridgehead atoms. The van der Waals surface area contributed by atoms with Gasteiger partial charge in [0, 0.05) is 37.2 Å². The topological polar surface area (TPSA) is 45.9 Å². The molecule has 0 saturated carbocycles. The highest BCUT2D eigenvalue weighted by Gasteiger charge is 2.37. The van der Waals surface area contributed by atoms with Crippen LogP contribution in [-0.4, -0.2) is 48.5 Å². The number of aryl methyl sites for hydroxylation is 1. The number of rotatable bonds is 8. The van der Waals surface area contributed by atoms with Gasteiger partial charge in [-0.2, -0.15) is 0 Å². The van der Waals surface area contributed by atoms with Crippen LogP contribution in [0, 0.1) is 18.7 Å². The van der Waals surface area contributed by atoms with Crippen LogP contribution in [0.2, 0.25) is 0 Å². The number of nitrogens with zero attached hydrogens (tertiary/aromatic N) is 2. The highest BCUT2D eigenvalue weighted by atomic mass is 19.1. The summed E-state index contributed by atoms with van der Waals surface area (Å²) in [7, 11) is 1.61. The molecule has 4 rings (SSSR count). The second kappa shape index (κ2) is 10.4. The number of amides is 1. The molecule has 0 spiro atoms. The molecule has 1 amide bonds. The molecule has 5 nitrogen and oxygen atoms in total. The standard InChI is InChI=1S/C28H33FN2O3/c1-19(2)31(28(32)21-9-12-25(33-4)13-10-21)16-23-15-30(17-26-11-8-20(3)34-26)18-27(23)22-6-5-7-24(29)14-22/h5-14,19,23,27H,15-18H2,1-4H3.